The van der Waals surface area contributed by atoms with Crippen LogP contribution in [-0.4, -0.2) is 42.5 Å². The molecular formula is C15H23F2N3O. The Morgan fingerprint density at radius 3 is 2.48 bits per heavy atom. The molecule has 21 heavy (non-hydrogen) atoms. The van der Waals surface area contributed by atoms with Gasteiger partial charge in [0.15, 0.2) is 5.82 Å². The molecule has 1 atom stereocenters. The first kappa shape index (κ1) is 17.5. The van der Waals surface area contributed by atoms with Gasteiger partial charge in [0.25, 0.3) is 5.91 Å². The van der Waals surface area contributed by atoms with Gasteiger partial charge in [-0.25, -0.2) is 9.37 Å². The van der Waals surface area contributed by atoms with E-state index >= 15 is 0 Å². The highest BCUT2D eigenvalue weighted by molar-refractivity contribution is 5.94. The second-order valence-corrected chi connectivity index (χ2v) is 5.28. The zero-order valence-electron chi connectivity index (χ0n) is 13.0. The number of nitrogens with one attached hydrogen (secondary N) is 1. The van der Waals surface area contributed by atoms with E-state index in [9.17, 15) is 13.6 Å². The maximum Gasteiger partial charge on any atom is 0.254 e. The number of nitrogens with zero attached hydrogens (tertiary/aromatic N) is 2. The van der Waals surface area contributed by atoms with E-state index in [4.69, 9.17) is 0 Å². The Bertz CT molecular complexity index is 476. The summed E-state index contributed by atoms with van der Waals surface area (Å²) in [5, 5.41) is 2.68. The molecule has 1 unspecified atom stereocenters. The third-order valence-electron chi connectivity index (χ3n) is 3.82. The number of aromatic nitrogens is 1. The molecular weight excluding hydrogens is 276 g/mol. The summed E-state index contributed by atoms with van der Waals surface area (Å²) in [6, 6.07) is 1.33. The first-order chi connectivity index (χ1) is 9.92. The highest BCUT2D eigenvalue weighted by Gasteiger charge is 2.22. The molecule has 0 aliphatic carbocycles. The topological polar surface area (TPSA) is 45.2 Å². The maximum atomic E-state index is 13.5. The van der Waals surface area contributed by atoms with E-state index < -0.39 is 17.7 Å². The standard InChI is InChI=1S/C15H23F2N3O/c1-5-10(6-2)12(20(3)4)9-19-15(21)11-7-8-18-14(17)13(11)16/h7-8,10,12H,5-6,9H2,1-4H3,(H,19,21). The summed E-state index contributed by atoms with van der Waals surface area (Å²) in [6.45, 7) is 4.59. The summed E-state index contributed by atoms with van der Waals surface area (Å²) < 4.78 is 26.5. The molecule has 0 aliphatic rings. The summed E-state index contributed by atoms with van der Waals surface area (Å²) in [5.41, 5.74) is -0.315. The minimum absolute atomic E-state index is 0.152. The predicted octanol–water partition coefficient (Wildman–Crippen LogP) is 2.46. The third-order valence-corrected chi connectivity index (χ3v) is 3.82. The fraction of sp³-hybridized carbons (Fsp3) is 0.600. The van der Waals surface area contributed by atoms with Gasteiger partial charge in [0.2, 0.25) is 5.95 Å². The largest absolute Gasteiger partial charge is 0.350 e. The summed E-state index contributed by atoms with van der Waals surface area (Å²) in [4.78, 5) is 17.2. The molecule has 1 rings (SSSR count). The minimum Gasteiger partial charge on any atom is -0.350 e. The Balaban J connectivity index is 2.76. The highest BCUT2D eigenvalue weighted by Crippen LogP contribution is 2.16. The molecule has 0 bridgehead atoms. The van der Waals surface area contributed by atoms with Crippen LogP contribution < -0.4 is 5.32 Å². The molecule has 0 aromatic carbocycles. The van der Waals surface area contributed by atoms with Crippen molar-refractivity contribution in [1.29, 1.82) is 0 Å². The molecule has 0 spiro atoms. The normalized spacial score (nSPS) is 12.8. The number of rotatable bonds is 7. The Morgan fingerprint density at radius 1 is 1.33 bits per heavy atom. The molecule has 1 N–H and O–H groups in total. The molecule has 0 saturated carbocycles. The smallest absolute Gasteiger partial charge is 0.254 e. The second-order valence-electron chi connectivity index (χ2n) is 5.28. The molecule has 1 aromatic rings. The zero-order chi connectivity index (χ0) is 16.0. The van der Waals surface area contributed by atoms with Crippen LogP contribution in [0.3, 0.4) is 0 Å². The van der Waals surface area contributed by atoms with Crippen LogP contribution in [0.4, 0.5) is 8.78 Å². The van der Waals surface area contributed by atoms with E-state index in [0.29, 0.717) is 12.5 Å². The van der Waals surface area contributed by atoms with Gasteiger partial charge in [0.05, 0.1) is 5.56 Å². The number of hydrogen-bond donors (Lipinski definition) is 1. The van der Waals surface area contributed by atoms with Gasteiger partial charge in [-0.05, 0) is 26.1 Å². The lowest BCUT2D eigenvalue weighted by Gasteiger charge is -2.31. The van der Waals surface area contributed by atoms with Gasteiger partial charge in [0, 0.05) is 18.8 Å². The van der Waals surface area contributed by atoms with Crippen LogP contribution >= 0.6 is 0 Å². The van der Waals surface area contributed by atoms with E-state index in [2.05, 4.69) is 24.1 Å². The lowest BCUT2D eigenvalue weighted by molar-refractivity contribution is 0.0923. The lowest BCUT2D eigenvalue weighted by Crippen LogP contribution is -2.44. The predicted molar refractivity (Wildman–Crippen MR) is 78.0 cm³/mol. The van der Waals surface area contributed by atoms with Gasteiger partial charge >= 0.3 is 0 Å². The Morgan fingerprint density at radius 2 is 1.95 bits per heavy atom. The van der Waals surface area contributed by atoms with Gasteiger partial charge < -0.3 is 10.2 Å². The van der Waals surface area contributed by atoms with Crippen molar-refractivity contribution in [3.05, 3.63) is 29.6 Å². The SMILES string of the molecule is CCC(CC)C(CNC(=O)c1ccnc(F)c1F)N(C)C. The average molecular weight is 299 g/mol. The molecule has 1 heterocycles. The van der Waals surface area contributed by atoms with Crippen molar-refractivity contribution in [3.63, 3.8) is 0 Å². The first-order valence-electron chi connectivity index (χ1n) is 7.16. The maximum absolute atomic E-state index is 13.5. The Labute approximate surface area is 124 Å². The monoisotopic (exact) mass is 299 g/mol. The molecule has 6 heteroatoms. The van der Waals surface area contributed by atoms with Gasteiger partial charge in [-0.2, -0.15) is 4.39 Å². The molecule has 4 nitrogen and oxygen atoms in total. The number of hydrogen-bond acceptors (Lipinski definition) is 3. The van der Waals surface area contributed by atoms with Gasteiger partial charge in [-0.15, -0.1) is 0 Å². The van der Waals surface area contributed by atoms with Crippen molar-refractivity contribution < 1.29 is 13.6 Å². The molecule has 1 amide bonds. The number of halogens is 2. The van der Waals surface area contributed by atoms with E-state index in [1.165, 1.54) is 6.07 Å². The van der Waals surface area contributed by atoms with Gasteiger partial charge in [0.1, 0.15) is 0 Å². The van der Waals surface area contributed by atoms with Gasteiger partial charge in [-0.1, -0.05) is 26.7 Å². The number of carbonyl (C=O) groups excluding carboxylic acids is 1. The zero-order valence-corrected chi connectivity index (χ0v) is 13.0. The number of likely N-dealkylation sites (N-methyl/N-ethyl adjacent to an activating group) is 1. The minimum atomic E-state index is -1.26. The second kappa shape index (κ2) is 8.02. The Hall–Kier alpha value is -1.56. The summed E-state index contributed by atoms with van der Waals surface area (Å²) in [5.74, 6) is -2.66. The molecule has 0 fully saturated rings. The fourth-order valence-corrected chi connectivity index (χ4v) is 2.49. The van der Waals surface area contributed by atoms with Crippen LogP contribution in [0.25, 0.3) is 0 Å². The van der Waals surface area contributed by atoms with E-state index in [1.807, 2.05) is 19.0 Å². The van der Waals surface area contributed by atoms with Crippen molar-refractivity contribution >= 4 is 5.91 Å². The fourth-order valence-electron chi connectivity index (χ4n) is 2.49. The summed E-state index contributed by atoms with van der Waals surface area (Å²) in [6.07, 6.45) is 3.07. The van der Waals surface area contributed by atoms with Crippen LogP contribution in [0, 0.1) is 17.7 Å². The summed E-state index contributed by atoms with van der Waals surface area (Å²) in [7, 11) is 3.89. The molecule has 1 aromatic heterocycles. The molecule has 118 valence electrons. The van der Waals surface area contributed by atoms with E-state index in [-0.39, 0.29) is 11.6 Å². The summed E-state index contributed by atoms with van der Waals surface area (Å²) >= 11 is 0. The van der Waals surface area contributed by atoms with Crippen molar-refractivity contribution in [2.75, 3.05) is 20.6 Å². The van der Waals surface area contributed by atoms with Crippen molar-refractivity contribution in [2.45, 2.75) is 32.7 Å². The lowest BCUT2D eigenvalue weighted by atomic mass is 9.93. The van der Waals surface area contributed by atoms with Crippen LogP contribution in [-0.2, 0) is 0 Å². The number of carbonyl (C=O) groups is 1. The van der Waals surface area contributed by atoms with Gasteiger partial charge in [-0.3, -0.25) is 4.79 Å². The van der Waals surface area contributed by atoms with E-state index in [1.54, 1.807) is 0 Å². The molecule has 0 radical (unpaired) electrons. The van der Waals surface area contributed by atoms with E-state index in [0.717, 1.165) is 19.0 Å². The van der Waals surface area contributed by atoms with Crippen molar-refractivity contribution in [3.8, 4) is 0 Å². The molecule has 0 saturated heterocycles. The van der Waals surface area contributed by atoms with Crippen LogP contribution in [0.15, 0.2) is 12.3 Å². The number of amides is 1. The quantitative estimate of drug-likeness (QED) is 0.787. The van der Waals surface area contributed by atoms with Crippen LogP contribution in [0.1, 0.15) is 37.0 Å². The van der Waals surface area contributed by atoms with Crippen LogP contribution in [0.2, 0.25) is 0 Å². The molecule has 0 aliphatic heterocycles. The number of pyridine rings is 1. The first-order valence-corrected chi connectivity index (χ1v) is 7.16. The van der Waals surface area contributed by atoms with Crippen LogP contribution in [0.5, 0.6) is 0 Å². The highest BCUT2D eigenvalue weighted by atomic mass is 19.2. The van der Waals surface area contributed by atoms with Crippen molar-refractivity contribution in [1.82, 2.24) is 15.2 Å². The Kier molecular flexibility index (Phi) is 6.68. The third kappa shape index (κ3) is 4.46. The average Bonchev–Trinajstić information content (AvgIpc) is 2.45. The van der Waals surface area contributed by atoms with Crippen molar-refractivity contribution in [2.24, 2.45) is 5.92 Å².